The molecular weight excluding hydrogens is 360 g/mol. The maximum atomic E-state index is 12.0. The Morgan fingerprint density at radius 3 is 2.64 bits per heavy atom. The van der Waals surface area contributed by atoms with Gasteiger partial charge in [-0.25, -0.2) is 4.98 Å². The number of nitrogens with zero attached hydrogens (tertiary/aromatic N) is 1. The van der Waals surface area contributed by atoms with Gasteiger partial charge in [-0.3, -0.25) is 9.59 Å². The molecule has 1 aromatic heterocycles. The highest BCUT2D eigenvalue weighted by Crippen LogP contribution is 2.23. The first-order chi connectivity index (χ1) is 12.1. The average molecular weight is 380 g/mol. The maximum Gasteiger partial charge on any atom is 0.311 e. The van der Waals surface area contributed by atoms with Gasteiger partial charge < -0.3 is 14.8 Å². The van der Waals surface area contributed by atoms with Crippen molar-refractivity contribution in [2.45, 2.75) is 24.6 Å². The van der Waals surface area contributed by atoms with Crippen molar-refractivity contribution in [1.29, 1.82) is 0 Å². The minimum atomic E-state index is -0.294. The molecule has 0 spiro atoms. The Labute approximate surface area is 154 Å². The Morgan fingerprint density at radius 2 is 1.96 bits per heavy atom. The Hall–Kier alpha value is -2.06. The third-order valence-corrected chi connectivity index (χ3v) is 5.01. The molecule has 0 saturated carbocycles. The molecule has 2 aromatic rings. The fourth-order valence-corrected chi connectivity index (χ4v) is 3.57. The minimum absolute atomic E-state index is 0.115. The van der Waals surface area contributed by atoms with Gasteiger partial charge in [-0.2, -0.15) is 0 Å². The van der Waals surface area contributed by atoms with Crippen LogP contribution < -0.4 is 10.1 Å². The summed E-state index contributed by atoms with van der Waals surface area (Å²) < 4.78 is 11.0. The van der Waals surface area contributed by atoms with Crippen LogP contribution in [0.25, 0.3) is 0 Å². The molecule has 0 bridgehead atoms. The highest BCUT2D eigenvalue weighted by atomic mass is 32.2. The van der Waals surface area contributed by atoms with Crippen molar-refractivity contribution < 1.29 is 19.1 Å². The molecule has 0 unspecified atom stereocenters. The number of anilines is 1. The molecule has 0 aliphatic carbocycles. The van der Waals surface area contributed by atoms with Gasteiger partial charge in [-0.05, 0) is 38.1 Å². The number of rotatable bonds is 9. The largest absolute Gasteiger partial charge is 0.494 e. The van der Waals surface area contributed by atoms with Crippen LogP contribution in [-0.4, -0.2) is 35.8 Å². The number of benzene rings is 1. The van der Waals surface area contributed by atoms with E-state index in [4.69, 9.17) is 9.47 Å². The highest BCUT2D eigenvalue weighted by molar-refractivity contribution is 8.01. The van der Waals surface area contributed by atoms with Crippen molar-refractivity contribution >= 4 is 40.7 Å². The second-order valence-corrected chi connectivity index (χ2v) is 6.96. The summed E-state index contributed by atoms with van der Waals surface area (Å²) in [7, 11) is 0. The molecular formula is C17H20N2O4S2. The number of thioether (sulfide) groups is 1. The molecule has 8 heteroatoms. The van der Waals surface area contributed by atoms with E-state index < -0.39 is 0 Å². The summed E-state index contributed by atoms with van der Waals surface area (Å²) in [5.74, 6) is 0.611. The van der Waals surface area contributed by atoms with Crippen molar-refractivity contribution in [1.82, 2.24) is 4.98 Å². The Bertz CT molecular complexity index is 701. The first-order valence-corrected chi connectivity index (χ1v) is 9.72. The van der Waals surface area contributed by atoms with E-state index in [-0.39, 0.29) is 24.1 Å². The van der Waals surface area contributed by atoms with Crippen LogP contribution in [0.2, 0.25) is 0 Å². The third kappa shape index (κ3) is 6.75. The monoisotopic (exact) mass is 380 g/mol. The molecule has 1 amide bonds. The molecule has 0 saturated heterocycles. The number of hydrogen-bond acceptors (Lipinski definition) is 7. The van der Waals surface area contributed by atoms with Crippen molar-refractivity contribution in [3.8, 4) is 5.75 Å². The number of amides is 1. The van der Waals surface area contributed by atoms with Crippen molar-refractivity contribution in [3.05, 3.63) is 35.3 Å². The zero-order valence-electron chi connectivity index (χ0n) is 14.1. The normalized spacial score (nSPS) is 10.3. The molecule has 1 N–H and O–H groups in total. The maximum absolute atomic E-state index is 12.0. The van der Waals surface area contributed by atoms with E-state index in [0.717, 1.165) is 15.8 Å². The van der Waals surface area contributed by atoms with Gasteiger partial charge in [0.25, 0.3) is 0 Å². The van der Waals surface area contributed by atoms with E-state index in [0.29, 0.717) is 18.9 Å². The van der Waals surface area contributed by atoms with Gasteiger partial charge in [-0.15, -0.1) is 11.3 Å². The van der Waals surface area contributed by atoms with E-state index in [2.05, 4.69) is 10.3 Å². The average Bonchev–Trinajstić information content (AvgIpc) is 3.02. The number of nitrogens with one attached hydrogen (secondary N) is 1. The lowest BCUT2D eigenvalue weighted by molar-refractivity contribution is -0.142. The summed E-state index contributed by atoms with van der Waals surface area (Å²) in [4.78, 5) is 27.8. The van der Waals surface area contributed by atoms with Crippen LogP contribution in [0.15, 0.2) is 34.0 Å². The van der Waals surface area contributed by atoms with Crippen LogP contribution in [0.5, 0.6) is 5.75 Å². The topological polar surface area (TPSA) is 77.5 Å². The number of carbonyl (C=O) groups is 2. The summed E-state index contributed by atoms with van der Waals surface area (Å²) in [6, 6.07) is 7.23. The van der Waals surface area contributed by atoms with Crippen molar-refractivity contribution in [3.63, 3.8) is 0 Å². The van der Waals surface area contributed by atoms with Gasteiger partial charge >= 0.3 is 5.97 Å². The molecule has 25 heavy (non-hydrogen) atoms. The van der Waals surface area contributed by atoms with E-state index in [1.807, 2.05) is 24.4 Å². The predicted octanol–water partition coefficient (Wildman–Crippen LogP) is 3.38. The molecule has 0 aliphatic heterocycles. The van der Waals surface area contributed by atoms with E-state index in [1.165, 1.54) is 23.1 Å². The van der Waals surface area contributed by atoms with E-state index >= 15 is 0 Å². The smallest absolute Gasteiger partial charge is 0.311 e. The lowest BCUT2D eigenvalue weighted by Gasteiger charge is -2.06. The minimum Gasteiger partial charge on any atom is -0.494 e. The molecule has 1 heterocycles. The second kappa shape index (κ2) is 10.0. The summed E-state index contributed by atoms with van der Waals surface area (Å²) in [6.45, 7) is 4.65. The van der Waals surface area contributed by atoms with Crippen LogP contribution in [0.3, 0.4) is 0 Å². The molecule has 134 valence electrons. The van der Waals surface area contributed by atoms with Gasteiger partial charge in [0.15, 0.2) is 4.34 Å². The van der Waals surface area contributed by atoms with Gasteiger partial charge in [0.2, 0.25) is 5.91 Å². The van der Waals surface area contributed by atoms with Crippen LogP contribution in [0.1, 0.15) is 19.5 Å². The fraction of sp³-hybridized carbons (Fsp3) is 0.353. The molecule has 0 aliphatic rings. The zero-order chi connectivity index (χ0) is 18.1. The predicted molar refractivity (Wildman–Crippen MR) is 99.4 cm³/mol. The molecule has 2 rings (SSSR count). The standard InChI is InChI=1S/C17H20N2O4S2/c1-3-22-14-7-5-12(6-8-14)18-15(20)11-25-17-19-13(10-24-17)9-16(21)23-4-2/h5-8,10H,3-4,9,11H2,1-2H3,(H,18,20). The molecule has 0 fully saturated rings. The lowest BCUT2D eigenvalue weighted by atomic mass is 10.3. The number of esters is 1. The lowest BCUT2D eigenvalue weighted by Crippen LogP contribution is -2.13. The summed E-state index contributed by atoms with van der Waals surface area (Å²) in [5.41, 5.74) is 1.38. The number of carbonyl (C=O) groups excluding carboxylic acids is 2. The molecule has 1 aromatic carbocycles. The SMILES string of the molecule is CCOC(=O)Cc1csc(SCC(=O)Nc2ccc(OCC)cc2)n1. The Balaban J connectivity index is 1.78. The quantitative estimate of drug-likeness (QED) is 0.531. The number of thiazole rings is 1. The zero-order valence-corrected chi connectivity index (χ0v) is 15.7. The summed E-state index contributed by atoms with van der Waals surface area (Å²) in [5, 5.41) is 4.63. The molecule has 0 radical (unpaired) electrons. The van der Waals surface area contributed by atoms with E-state index in [9.17, 15) is 9.59 Å². The van der Waals surface area contributed by atoms with Gasteiger partial charge in [-0.1, -0.05) is 11.8 Å². The Morgan fingerprint density at radius 1 is 1.20 bits per heavy atom. The van der Waals surface area contributed by atoms with Crippen LogP contribution in [0.4, 0.5) is 5.69 Å². The number of ether oxygens (including phenoxy) is 2. The van der Waals surface area contributed by atoms with Crippen LogP contribution in [-0.2, 0) is 20.7 Å². The molecule has 0 atom stereocenters. The van der Waals surface area contributed by atoms with Gasteiger partial charge in [0.05, 0.1) is 31.1 Å². The third-order valence-electron chi connectivity index (χ3n) is 2.94. The van der Waals surface area contributed by atoms with Crippen molar-refractivity contribution in [2.24, 2.45) is 0 Å². The van der Waals surface area contributed by atoms with Gasteiger partial charge in [0, 0.05) is 11.1 Å². The molecule has 6 nitrogen and oxygen atoms in total. The second-order valence-electron chi connectivity index (χ2n) is 4.88. The Kier molecular flexibility index (Phi) is 7.75. The first kappa shape index (κ1) is 19.3. The first-order valence-electron chi connectivity index (χ1n) is 7.86. The van der Waals surface area contributed by atoms with E-state index in [1.54, 1.807) is 19.1 Å². The fourth-order valence-electron chi connectivity index (χ4n) is 1.92. The highest BCUT2D eigenvalue weighted by Gasteiger charge is 2.10. The van der Waals surface area contributed by atoms with Crippen LogP contribution >= 0.6 is 23.1 Å². The van der Waals surface area contributed by atoms with Gasteiger partial charge in [0.1, 0.15) is 5.75 Å². The number of hydrogen-bond donors (Lipinski definition) is 1. The summed E-state index contributed by atoms with van der Waals surface area (Å²) in [6.07, 6.45) is 0.156. The summed E-state index contributed by atoms with van der Waals surface area (Å²) >= 11 is 2.75. The van der Waals surface area contributed by atoms with Crippen LogP contribution in [0, 0.1) is 0 Å². The number of aromatic nitrogens is 1. The van der Waals surface area contributed by atoms with Crippen molar-refractivity contribution in [2.75, 3.05) is 24.3 Å².